The summed E-state index contributed by atoms with van der Waals surface area (Å²) in [6.45, 7) is 8.31. The monoisotopic (exact) mass is 303 g/mol. The molecule has 0 bridgehead atoms. The van der Waals surface area contributed by atoms with Gasteiger partial charge >= 0.3 is 5.97 Å². The minimum atomic E-state index is -0.866. The van der Waals surface area contributed by atoms with Crippen LogP contribution < -0.4 is 0 Å². The largest absolute Gasteiger partial charge is 0.477 e. The molecule has 0 spiro atoms. The van der Waals surface area contributed by atoms with Crippen molar-refractivity contribution in [1.29, 1.82) is 0 Å². The van der Waals surface area contributed by atoms with Crippen molar-refractivity contribution in [2.24, 2.45) is 5.92 Å². The van der Waals surface area contributed by atoms with E-state index in [4.69, 9.17) is 0 Å². The molecular weight excluding hydrogens is 282 g/mol. The van der Waals surface area contributed by atoms with E-state index in [1.165, 1.54) is 28.0 Å². The van der Waals surface area contributed by atoms with Crippen LogP contribution in [0.2, 0.25) is 0 Å². The van der Waals surface area contributed by atoms with Crippen molar-refractivity contribution >= 4 is 17.3 Å². The molecule has 1 aromatic heterocycles. The summed E-state index contributed by atoms with van der Waals surface area (Å²) in [4.78, 5) is 16.3. The average Bonchev–Trinajstić information content (AvgIpc) is 2.69. The number of hydrogen-bond acceptors (Lipinski definition) is 3. The Hall–Kier alpha value is -1.68. The van der Waals surface area contributed by atoms with Gasteiger partial charge in [0.2, 0.25) is 0 Å². The van der Waals surface area contributed by atoms with Crippen LogP contribution >= 0.6 is 11.3 Å². The Morgan fingerprint density at radius 3 is 2.38 bits per heavy atom. The normalized spacial score (nSPS) is 11.1. The molecule has 1 aromatic carbocycles. The van der Waals surface area contributed by atoms with Gasteiger partial charge in [-0.2, -0.15) is 0 Å². The molecule has 0 aliphatic carbocycles. The van der Waals surface area contributed by atoms with Crippen LogP contribution in [0.3, 0.4) is 0 Å². The van der Waals surface area contributed by atoms with Crippen LogP contribution in [-0.4, -0.2) is 16.1 Å². The Bertz CT molecular complexity index is 639. The van der Waals surface area contributed by atoms with Crippen LogP contribution in [-0.2, 0) is 12.8 Å². The average molecular weight is 303 g/mol. The lowest BCUT2D eigenvalue weighted by Gasteiger charge is -2.03. The number of aromatic carboxylic acids is 1. The van der Waals surface area contributed by atoms with Crippen LogP contribution in [0.5, 0.6) is 0 Å². The van der Waals surface area contributed by atoms with Crippen molar-refractivity contribution in [3.8, 4) is 0 Å². The molecule has 21 heavy (non-hydrogen) atoms. The number of carboxylic acid groups (broad SMARTS) is 1. The van der Waals surface area contributed by atoms with Crippen LogP contribution in [0.25, 0.3) is 0 Å². The van der Waals surface area contributed by atoms with Crippen molar-refractivity contribution in [1.82, 2.24) is 4.98 Å². The van der Waals surface area contributed by atoms with E-state index in [2.05, 4.69) is 50.9 Å². The summed E-state index contributed by atoms with van der Waals surface area (Å²) in [6, 6.07) is 6.41. The SMILES string of the molecule is Cc1cc(C)cc(Cc2nc(CC(C)C)c(C(=O)O)s2)c1. The molecule has 0 fully saturated rings. The maximum Gasteiger partial charge on any atom is 0.347 e. The first-order valence-electron chi connectivity index (χ1n) is 7.14. The fourth-order valence-electron chi connectivity index (χ4n) is 2.51. The molecule has 2 rings (SSSR count). The topological polar surface area (TPSA) is 50.2 Å². The molecule has 0 saturated carbocycles. The number of aromatic nitrogens is 1. The Balaban J connectivity index is 2.29. The van der Waals surface area contributed by atoms with Gasteiger partial charge in [0.05, 0.1) is 10.7 Å². The van der Waals surface area contributed by atoms with E-state index >= 15 is 0 Å². The molecule has 0 atom stereocenters. The Morgan fingerprint density at radius 1 is 1.24 bits per heavy atom. The first-order chi connectivity index (χ1) is 9.85. The van der Waals surface area contributed by atoms with E-state index < -0.39 is 5.97 Å². The predicted octanol–water partition coefficient (Wildman–Crippen LogP) is 4.25. The first-order valence-corrected chi connectivity index (χ1v) is 7.96. The minimum Gasteiger partial charge on any atom is -0.477 e. The number of nitrogens with zero attached hydrogens (tertiary/aromatic N) is 1. The van der Waals surface area contributed by atoms with Gasteiger partial charge in [0.1, 0.15) is 4.88 Å². The fraction of sp³-hybridized carbons (Fsp3) is 0.412. The molecule has 0 aliphatic rings. The van der Waals surface area contributed by atoms with Crippen LogP contribution in [0.15, 0.2) is 18.2 Å². The summed E-state index contributed by atoms with van der Waals surface area (Å²) < 4.78 is 0. The zero-order chi connectivity index (χ0) is 15.6. The zero-order valence-corrected chi connectivity index (χ0v) is 13.8. The summed E-state index contributed by atoms with van der Waals surface area (Å²) in [5, 5.41) is 10.2. The minimum absolute atomic E-state index is 0.392. The lowest BCUT2D eigenvalue weighted by molar-refractivity contribution is 0.0700. The fourth-order valence-corrected chi connectivity index (χ4v) is 3.48. The number of benzene rings is 1. The Kier molecular flexibility index (Phi) is 4.78. The van der Waals surface area contributed by atoms with E-state index in [0.29, 0.717) is 23.6 Å². The molecule has 1 N–H and O–H groups in total. The van der Waals surface area contributed by atoms with Gasteiger partial charge in [0.15, 0.2) is 0 Å². The molecule has 112 valence electrons. The van der Waals surface area contributed by atoms with Gasteiger partial charge in [-0.05, 0) is 31.7 Å². The molecule has 2 aromatic rings. The molecule has 1 heterocycles. The van der Waals surface area contributed by atoms with Gasteiger partial charge in [-0.3, -0.25) is 0 Å². The van der Waals surface area contributed by atoms with Crippen LogP contribution in [0.1, 0.15) is 50.9 Å². The first kappa shape index (κ1) is 15.7. The number of aryl methyl sites for hydroxylation is 2. The van der Waals surface area contributed by atoms with E-state index in [1.54, 1.807) is 0 Å². The van der Waals surface area contributed by atoms with Crippen molar-refractivity contribution in [2.75, 3.05) is 0 Å². The molecule has 0 saturated heterocycles. The maximum absolute atomic E-state index is 11.3. The summed E-state index contributed by atoms with van der Waals surface area (Å²) in [7, 11) is 0. The molecule has 4 heteroatoms. The maximum atomic E-state index is 11.3. The zero-order valence-electron chi connectivity index (χ0n) is 12.9. The highest BCUT2D eigenvalue weighted by Gasteiger charge is 2.18. The number of thiazole rings is 1. The number of carboxylic acids is 1. The third-order valence-corrected chi connectivity index (χ3v) is 4.26. The Morgan fingerprint density at radius 2 is 1.86 bits per heavy atom. The van der Waals surface area contributed by atoms with E-state index in [0.717, 1.165) is 10.7 Å². The second-order valence-electron chi connectivity index (χ2n) is 5.96. The summed E-state index contributed by atoms with van der Waals surface area (Å²) >= 11 is 1.31. The Labute approximate surface area is 129 Å². The van der Waals surface area contributed by atoms with E-state index in [-0.39, 0.29) is 0 Å². The second kappa shape index (κ2) is 6.39. The van der Waals surface area contributed by atoms with Gasteiger partial charge in [0, 0.05) is 6.42 Å². The molecule has 0 amide bonds. The summed E-state index contributed by atoms with van der Waals surface area (Å²) in [5.74, 6) is -0.464. The highest BCUT2D eigenvalue weighted by Crippen LogP contribution is 2.24. The number of hydrogen-bond donors (Lipinski definition) is 1. The highest BCUT2D eigenvalue weighted by atomic mass is 32.1. The molecule has 0 unspecified atom stereocenters. The number of carbonyl (C=O) groups is 1. The van der Waals surface area contributed by atoms with Gasteiger partial charge in [-0.25, -0.2) is 9.78 Å². The van der Waals surface area contributed by atoms with Crippen LogP contribution in [0, 0.1) is 19.8 Å². The predicted molar refractivity (Wildman–Crippen MR) is 86.3 cm³/mol. The van der Waals surface area contributed by atoms with Crippen molar-refractivity contribution in [2.45, 2.75) is 40.5 Å². The van der Waals surface area contributed by atoms with Crippen molar-refractivity contribution in [3.63, 3.8) is 0 Å². The van der Waals surface area contributed by atoms with Gasteiger partial charge in [0.25, 0.3) is 0 Å². The van der Waals surface area contributed by atoms with Gasteiger partial charge in [-0.15, -0.1) is 11.3 Å². The van der Waals surface area contributed by atoms with E-state index in [9.17, 15) is 9.90 Å². The molecule has 0 aliphatic heterocycles. The molecule has 3 nitrogen and oxygen atoms in total. The van der Waals surface area contributed by atoms with Gasteiger partial charge in [-0.1, -0.05) is 43.2 Å². The van der Waals surface area contributed by atoms with Crippen molar-refractivity contribution in [3.05, 3.63) is 50.5 Å². The quantitative estimate of drug-likeness (QED) is 0.898. The highest BCUT2D eigenvalue weighted by molar-refractivity contribution is 7.13. The standard InChI is InChI=1S/C17H21NO2S/c1-10(2)5-14-16(17(19)20)21-15(18-14)9-13-7-11(3)6-12(4)8-13/h6-8,10H,5,9H2,1-4H3,(H,19,20). The van der Waals surface area contributed by atoms with E-state index in [1.807, 2.05) is 0 Å². The summed E-state index contributed by atoms with van der Waals surface area (Å²) in [6.07, 6.45) is 1.41. The smallest absolute Gasteiger partial charge is 0.347 e. The molecule has 0 radical (unpaired) electrons. The third kappa shape index (κ3) is 4.14. The van der Waals surface area contributed by atoms with Crippen molar-refractivity contribution < 1.29 is 9.90 Å². The summed E-state index contributed by atoms with van der Waals surface area (Å²) in [5.41, 5.74) is 4.36. The van der Waals surface area contributed by atoms with Gasteiger partial charge < -0.3 is 5.11 Å². The lowest BCUT2D eigenvalue weighted by Crippen LogP contribution is -2.02. The second-order valence-corrected chi connectivity index (χ2v) is 7.04. The third-order valence-electron chi connectivity index (χ3n) is 3.17. The molecular formula is C17H21NO2S. The van der Waals surface area contributed by atoms with Crippen LogP contribution in [0.4, 0.5) is 0 Å². The lowest BCUT2D eigenvalue weighted by atomic mass is 10.1. The number of rotatable bonds is 5.